The van der Waals surface area contributed by atoms with Crippen LogP contribution in [0.1, 0.15) is 155 Å². The van der Waals surface area contributed by atoms with Crippen molar-refractivity contribution in [2.24, 2.45) is 22.7 Å². The lowest BCUT2D eigenvalue weighted by Crippen LogP contribution is -2.43. The number of rotatable bonds is 8. The van der Waals surface area contributed by atoms with Gasteiger partial charge in [-0.25, -0.2) is 0 Å². The molecule has 2 aromatic carbocycles. The van der Waals surface area contributed by atoms with Crippen LogP contribution in [0.5, 0.6) is 0 Å². The molecule has 2 aliphatic carbocycles. The summed E-state index contributed by atoms with van der Waals surface area (Å²) in [4.78, 5) is 13.0. The summed E-state index contributed by atoms with van der Waals surface area (Å²) in [6, 6.07) is 13.2. The molecule has 52 heavy (non-hydrogen) atoms. The van der Waals surface area contributed by atoms with E-state index in [-0.39, 0.29) is 53.4 Å². The predicted molar refractivity (Wildman–Crippen MR) is 232 cm³/mol. The molecule has 0 spiro atoms. The van der Waals surface area contributed by atoms with Gasteiger partial charge in [0.25, 0.3) is 0 Å². The normalized spacial score (nSPS) is 19.7. The third-order valence-corrected chi connectivity index (χ3v) is 20.7. The molecule has 2 unspecified atom stereocenters. The molecule has 0 bridgehead atoms. The van der Waals surface area contributed by atoms with E-state index in [1.165, 1.54) is 22.3 Å². The van der Waals surface area contributed by atoms with Crippen LogP contribution < -0.4 is 0 Å². The third-order valence-electron chi connectivity index (χ3n) is 11.7. The van der Waals surface area contributed by atoms with Crippen LogP contribution in [-0.4, -0.2) is 40.7 Å². The number of fused-ring (bicyclic) bond motifs is 2. The third kappa shape index (κ3) is 13.3. The van der Waals surface area contributed by atoms with Crippen molar-refractivity contribution < 1.29 is 18.8 Å². The van der Waals surface area contributed by atoms with Gasteiger partial charge in [-0.2, -0.15) is 0 Å². The lowest BCUT2D eigenvalue weighted by Gasteiger charge is -2.39. The fourth-order valence-corrected chi connectivity index (χ4v) is 8.60. The smallest absolute Gasteiger partial charge is 0.192 e. The quantitative estimate of drug-likeness (QED) is 0.273. The largest absolute Gasteiger partial charge is 0.416 e. The number of aliphatic hydroxyl groups is 1. The van der Waals surface area contributed by atoms with Gasteiger partial charge in [0.15, 0.2) is 22.4 Å². The summed E-state index contributed by atoms with van der Waals surface area (Å²) < 4.78 is 12.8. The molecule has 0 heterocycles. The van der Waals surface area contributed by atoms with Gasteiger partial charge in [0.2, 0.25) is 0 Å². The molecule has 3 atom stereocenters. The fourth-order valence-electron chi connectivity index (χ4n) is 6.49. The van der Waals surface area contributed by atoms with E-state index in [2.05, 4.69) is 146 Å². The van der Waals surface area contributed by atoms with Crippen LogP contribution in [-0.2, 0) is 34.5 Å². The van der Waals surface area contributed by atoms with Gasteiger partial charge in [0.05, 0.1) is 6.10 Å². The standard InChI is InChI=1S/C22H38O2Si.C22H36O2Si.2CH4/c2*1-21(2,3)14-16-9-10-17-11-12-18(20(23)19(17)13-16)15-24-25(7,8)22(4,5)6;;/h9-10,13,18,20,23H,11-12,14-15H2,1-8H3;9-10,13,18H,11-12,14-15H2,1-8H3;2*1H4/t18?,20-;;;/m1.../s1. The number of aliphatic hydroxyl groups excluding tert-OH is 1. The highest BCUT2D eigenvalue weighted by Crippen LogP contribution is 2.41. The van der Waals surface area contributed by atoms with Gasteiger partial charge in [-0.05, 0) is 120 Å². The second kappa shape index (κ2) is 17.9. The highest BCUT2D eigenvalue weighted by Gasteiger charge is 2.40. The van der Waals surface area contributed by atoms with Crippen molar-refractivity contribution in [2.75, 3.05) is 13.2 Å². The maximum absolute atomic E-state index is 13.0. The summed E-state index contributed by atoms with van der Waals surface area (Å²) >= 11 is 0. The molecule has 2 aromatic rings. The van der Waals surface area contributed by atoms with Crippen molar-refractivity contribution in [3.05, 3.63) is 69.8 Å². The molecule has 0 radical (unpaired) electrons. The topological polar surface area (TPSA) is 55.8 Å². The minimum Gasteiger partial charge on any atom is -0.416 e. The molecule has 0 aliphatic heterocycles. The highest BCUT2D eigenvalue weighted by molar-refractivity contribution is 6.74. The van der Waals surface area contributed by atoms with E-state index in [1.807, 2.05) is 0 Å². The Morgan fingerprint density at radius 3 is 1.58 bits per heavy atom. The fraction of sp³-hybridized carbons (Fsp3) is 0.717. The van der Waals surface area contributed by atoms with E-state index < -0.39 is 22.7 Å². The zero-order chi connectivity index (χ0) is 38.1. The van der Waals surface area contributed by atoms with Gasteiger partial charge in [0, 0.05) is 30.6 Å². The van der Waals surface area contributed by atoms with Crippen LogP contribution in [0, 0.1) is 22.7 Å². The van der Waals surface area contributed by atoms with Crippen molar-refractivity contribution in [2.45, 2.75) is 179 Å². The first-order valence-electron chi connectivity index (χ1n) is 19.3. The maximum Gasteiger partial charge on any atom is 0.192 e. The van der Waals surface area contributed by atoms with E-state index >= 15 is 0 Å². The number of ketones is 1. The van der Waals surface area contributed by atoms with Crippen LogP contribution in [0.15, 0.2) is 36.4 Å². The number of aryl methyl sites for hydroxylation is 2. The molecule has 4 nitrogen and oxygen atoms in total. The van der Waals surface area contributed by atoms with Crippen LogP contribution in [0.3, 0.4) is 0 Å². The lowest BCUT2D eigenvalue weighted by atomic mass is 9.79. The summed E-state index contributed by atoms with van der Waals surface area (Å²) in [6.07, 6.45) is 5.61. The lowest BCUT2D eigenvalue weighted by molar-refractivity contribution is 0.0574. The Labute approximate surface area is 324 Å². The summed E-state index contributed by atoms with van der Waals surface area (Å²) in [5.41, 5.74) is 7.70. The molecular formula is C46H82O4Si2. The Morgan fingerprint density at radius 2 is 1.10 bits per heavy atom. The maximum atomic E-state index is 13.0. The first-order chi connectivity index (χ1) is 22.6. The summed E-state index contributed by atoms with van der Waals surface area (Å²) in [6.45, 7) is 37.4. The molecular weight excluding hydrogens is 673 g/mol. The number of benzene rings is 2. The summed E-state index contributed by atoms with van der Waals surface area (Å²) in [5.74, 6) is 0.522. The van der Waals surface area contributed by atoms with Gasteiger partial charge in [-0.3, -0.25) is 4.79 Å². The monoisotopic (exact) mass is 755 g/mol. The van der Waals surface area contributed by atoms with Crippen LogP contribution in [0.2, 0.25) is 36.3 Å². The van der Waals surface area contributed by atoms with Crippen molar-refractivity contribution in [1.82, 2.24) is 0 Å². The zero-order valence-corrected chi connectivity index (χ0v) is 37.0. The minimum absolute atomic E-state index is 0. The Bertz CT molecular complexity index is 1450. The second-order valence-electron chi connectivity index (χ2n) is 21.0. The Hall–Kier alpha value is -1.58. The van der Waals surface area contributed by atoms with Crippen molar-refractivity contribution in [3.63, 3.8) is 0 Å². The molecule has 0 amide bonds. The molecule has 1 N–H and O–H groups in total. The molecule has 0 saturated heterocycles. The molecule has 0 saturated carbocycles. The molecule has 6 heteroatoms. The first kappa shape index (κ1) is 48.4. The first-order valence-corrected chi connectivity index (χ1v) is 25.2. The average Bonchev–Trinajstić information content (AvgIpc) is 2.94. The number of Topliss-reactive ketones (excluding diaryl/α,β-unsaturated/α-hetero) is 1. The summed E-state index contributed by atoms with van der Waals surface area (Å²) in [7, 11) is -3.57. The number of hydrogen-bond acceptors (Lipinski definition) is 4. The van der Waals surface area contributed by atoms with E-state index in [1.54, 1.807) is 0 Å². The summed E-state index contributed by atoms with van der Waals surface area (Å²) in [5, 5.41) is 11.4. The van der Waals surface area contributed by atoms with E-state index in [4.69, 9.17) is 8.85 Å². The highest BCUT2D eigenvalue weighted by atomic mass is 28.4. The Kier molecular flexibility index (Phi) is 16.7. The Morgan fingerprint density at radius 1 is 0.654 bits per heavy atom. The van der Waals surface area contributed by atoms with E-state index in [0.29, 0.717) is 13.2 Å². The van der Waals surface area contributed by atoms with Gasteiger partial charge >= 0.3 is 0 Å². The van der Waals surface area contributed by atoms with Crippen molar-refractivity contribution >= 4 is 22.4 Å². The minimum atomic E-state index is -1.80. The van der Waals surface area contributed by atoms with Gasteiger partial charge in [-0.1, -0.05) is 128 Å². The molecule has 298 valence electrons. The number of hydrogen-bond donors (Lipinski definition) is 1. The number of carbonyl (C=O) groups excluding carboxylic acids is 1. The molecule has 0 fully saturated rings. The van der Waals surface area contributed by atoms with Crippen molar-refractivity contribution in [3.8, 4) is 0 Å². The predicted octanol–water partition coefficient (Wildman–Crippen LogP) is 13.2. The van der Waals surface area contributed by atoms with Crippen LogP contribution in [0.4, 0.5) is 0 Å². The number of carbonyl (C=O) groups is 1. The van der Waals surface area contributed by atoms with E-state index in [9.17, 15) is 9.90 Å². The van der Waals surface area contributed by atoms with Gasteiger partial charge in [0.1, 0.15) is 0 Å². The van der Waals surface area contributed by atoms with Gasteiger partial charge < -0.3 is 14.0 Å². The molecule has 0 aromatic heterocycles. The van der Waals surface area contributed by atoms with Crippen LogP contribution in [0.25, 0.3) is 0 Å². The van der Waals surface area contributed by atoms with Gasteiger partial charge in [-0.15, -0.1) is 0 Å². The van der Waals surface area contributed by atoms with Crippen LogP contribution >= 0.6 is 0 Å². The van der Waals surface area contributed by atoms with E-state index in [0.717, 1.165) is 49.7 Å². The molecule has 4 rings (SSSR count). The zero-order valence-electron chi connectivity index (χ0n) is 35.0. The average molecular weight is 755 g/mol. The Balaban J connectivity index is 0.000000501. The molecule has 2 aliphatic rings. The second-order valence-corrected chi connectivity index (χ2v) is 30.6. The SMILES string of the molecule is C.C.CC(C)(C)Cc1ccc2c(c1)C(=O)C(CO[Si](C)(C)C(C)(C)C)CC2.CC(C)(C)Cc1ccc2c(c1)[C@H](O)C(CO[Si](C)(C)C(C)(C)C)CC2. The van der Waals surface area contributed by atoms with Crippen molar-refractivity contribution in [1.29, 1.82) is 0 Å².